The lowest BCUT2D eigenvalue weighted by Crippen LogP contribution is -2.29. The summed E-state index contributed by atoms with van der Waals surface area (Å²) in [6, 6.07) is 4.29. The Bertz CT molecular complexity index is 294. The number of rotatable bonds is 4. The molecule has 0 aliphatic carbocycles. The van der Waals surface area contributed by atoms with Crippen molar-refractivity contribution in [2.45, 2.75) is 26.2 Å². The van der Waals surface area contributed by atoms with Gasteiger partial charge in [0.15, 0.2) is 0 Å². The minimum Gasteiger partial charge on any atom is -0.265 e. The van der Waals surface area contributed by atoms with Crippen LogP contribution in [0.2, 0.25) is 0 Å². The van der Waals surface area contributed by atoms with Crippen molar-refractivity contribution in [2.75, 3.05) is 18.8 Å². The topological polar surface area (TPSA) is 16.1 Å². The highest BCUT2D eigenvalue weighted by atomic mass is 32.2. The molecular weight excluding hydrogens is 216 g/mol. The van der Waals surface area contributed by atoms with Gasteiger partial charge in [-0.2, -0.15) is 0 Å². The third kappa shape index (κ3) is 3.49. The van der Waals surface area contributed by atoms with Gasteiger partial charge in [-0.3, -0.25) is 9.29 Å². The lowest BCUT2D eigenvalue weighted by atomic mass is 9.91. The molecule has 1 fully saturated rings. The summed E-state index contributed by atoms with van der Waals surface area (Å²) in [4.78, 5) is 4.06. The van der Waals surface area contributed by atoms with Crippen LogP contribution in [0.15, 0.2) is 24.5 Å². The number of piperidine rings is 1. The van der Waals surface area contributed by atoms with Crippen molar-refractivity contribution in [3.05, 3.63) is 30.1 Å². The van der Waals surface area contributed by atoms with E-state index in [-0.39, 0.29) is 0 Å². The molecule has 0 saturated carbocycles. The van der Waals surface area contributed by atoms with Gasteiger partial charge < -0.3 is 0 Å². The molecule has 1 aromatic heterocycles. The van der Waals surface area contributed by atoms with Crippen LogP contribution in [-0.2, 0) is 6.42 Å². The summed E-state index contributed by atoms with van der Waals surface area (Å²) in [6.45, 7) is 4.75. The Morgan fingerprint density at radius 1 is 1.31 bits per heavy atom. The van der Waals surface area contributed by atoms with Crippen molar-refractivity contribution in [3.8, 4) is 0 Å². The molecule has 2 heterocycles. The molecule has 0 amide bonds. The molecule has 0 unspecified atom stereocenters. The Morgan fingerprint density at radius 3 is 2.62 bits per heavy atom. The number of nitrogens with zero attached hydrogens (tertiary/aromatic N) is 2. The zero-order chi connectivity index (χ0) is 11.2. The van der Waals surface area contributed by atoms with E-state index in [9.17, 15) is 0 Å². The molecule has 3 heteroatoms. The van der Waals surface area contributed by atoms with E-state index in [1.54, 1.807) is 0 Å². The zero-order valence-electron chi connectivity index (χ0n) is 9.93. The molecule has 0 N–H and O–H groups in total. The van der Waals surface area contributed by atoms with Gasteiger partial charge in [-0.15, -0.1) is 0 Å². The molecule has 2 nitrogen and oxygen atoms in total. The summed E-state index contributed by atoms with van der Waals surface area (Å²) in [5, 5.41) is 0. The largest absolute Gasteiger partial charge is 0.265 e. The van der Waals surface area contributed by atoms with Crippen molar-refractivity contribution in [1.29, 1.82) is 0 Å². The minimum atomic E-state index is 0.871. The molecular formula is C13H20N2S. The van der Waals surface area contributed by atoms with Crippen LogP contribution in [0.4, 0.5) is 0 Å². The van der Waals surface area contributed by atoms with Crippen molar-refractivity contribution in [3.63, 3.8) is 0 Å². The molecule has 2 rings (SSSR count). The standard InChI is InChI=1S/C13H20N2S/c1-2-16-15-9-5-13(6-10-15)11-12-3-7-14-8-4-12/h3-4,7-8,13H,2,5-6,9-11H2,1H3. The monoisotopic (exact) mass is 236 g/mol. The first-order valence-electron chi connectivity index (χ1n) is 6.15. The second-order valence-corrected chi connectivity index (χ2v) is 5.70. The highest BCUT2D eigenvalue weighted by Crippen LogP contribution is 2.25. The van der Waals surface area contributed by atoms with Gasteiger partial charge in [0.2, 0.25) is 0 Å². The Labute approximate surface area is 103 Å². The summed E-state index contributed by atoms with van der Waals surface area (Å²) in [5.41, 5.74) is 1.44. The van der Waals surface area contributed by atoms with E-state index in [2.05, 4.69) is 28.3 Å². The maximum Gasteiger partial charge on any atom is 0.0270 e. The van der Waals surface area contributed by atoms with E-state index in [1.165, 1.54) is 43.7 Å². The second-order valence-electron chi connectivity index (χ2n) is 4.35. The molecule has 0 aromatic carbocycles. The Hall–Kier alpha value is -0.540. The van der Waals surface area contributed by atoms with E-state index in [4.69, 9.17) is 0 Å². The number of hydrogen-bond acceptors (Lipinski definition) is 3. The summed E-state index contributed by atoms with van der Waals surface area (Å²) < 4.78 is 2.52. The van der Waals surface area contributed by atoms with Crippen molar-refractivity contribution in [2.24, 2.45) is 5.92 Å². The molecule has 0 bridgehead atoms. The maximum absolute atomic E-state index is 4.06. The molecule has 1 aromatic rings. The van der Waals surface area contributed by atoms with Gasteiger partial charge in [-0.25, -0.2) is 0 Å². The predicted octanol–water partition coefficient (Wildman–Crippen LogP) is 3.00. The first-order valence-corrected chi connectivity index (χ1v) is 7.09. The predicted molar refractivity (Wildman–Crippen MR) is 70.4 cm³/mol. The van der Waals surface area contributed by atoms with Crippen LogP contribution in [0.1, 0.15) is 25.3 Å². The van der Waals surface area contributed by atoms with E-state index < -0.39 is 0 Å². The first kappa shape index (κ1) is 11.9. The number of pyridine rings is 1. The van der Waals surface area contributed by atoms with Crippen LogP contribution in [0, 0.1) is 5.92 Å². The van der Waals surface area contributed by atoms with Gasteiger partial charge >= 0.3 is 0 Å². The highest BCUT2D eigenvalue weighted by Gasteiger charge is 2.19. The average molecular weight is 236 g/mol. The normalized spacial score (nSPS) is 18.8. The van der Waals surface area contributed by atoms with Gasteiger partial charge in [0, 0.05) is 31.2 Å². The summed E-state index contributed by atoms with van der Waals surface area (Å²) in [5.74, 6) is 2.07. The van der Waals surface area contributed by atoms with Gasteiger partial charge in [0.25, 0.3) is 0 Å². The smallest absolute Gasteiger partial charge is 0.0270 e. The molecule has 1 saturated heterocycles. The summed E-state index contributed by atoms with van der Waals surface area (Å²) >= 11 is 1.98. The van der Waals surface area contributed by atoms with Crippen LogP contribution in [-0.4, -0.2) is 28.1 Å². The number of aromatic nitrogens is 1. The third-order valence-electron chi connectivity index (χ3n) is 3.16. The van der Waals surface area contributed by atoms with Crippen molar-refractivity contribution < 1.29 is 0 Å². The zero-order valence-corrected chi connectivity index (χ0v) is 10.7. The SMILES string of the molecule is CCSN1CCC(Cc2ccncc2)CC1. The number of hydrogen-bond donors (Lipinski definition) is 0. The molecule has 0 atom stereocenters. The fourth-order valence-electron chi connectivity index (χ4n) is 2.28. The summed E-state index contributed by atoms with van der Waals surface area (Å²) in [7, 11) is 0. The molecule has 1 aliphatic rings. The van der Waals surface area contributed by atoms with Gasteiger partial charge in [0.1, 0.15) is 0 Å². The molecule has 16 heavy (non-hydrogen) atoms. The van der Waals surface area contributed by atoms with Crippen molar-refractivity contribution >= 4 is 11.9 Å². The Morgan fingerprint density at radius 2 is 2.00 bits per heavy atom. The maximum atomic E-state index is 4.06. The Kier molecular flexibility index (Phi) is 4.67. The third-order valence-corrected chi connectivity index (χ3v) is 4.15. The van der Waals surface area contributed by atoms with Gasteiger partial charge in [-0.1, -0.05) is 18.9 Å². The highest BCUT2D eigenvalue weighted by molar-refractivity contribution is 7.96. The molecule has 0 spiro atoms. The van der Waals surface area contributed by atoms with Crippen molar-refractivity contribution in [1.82, 2.24) is 9.29 Å². The average Bonchev–Trinajstić information content (AvgIpc) is 2.33. The first-order chi connectivity index (χ1) is 7.88. The lowest BCUT2D eigenvalue weighted by molar-refractivity contribution is 0.290. The van der Waals surface area contributed by atoms with Gasteiger partial charge in [0.05, 0.1) is 0 Å². The fraction of sp³-hybridized carbons (Fsp3) is 0.615. The van der Waals surface area contributed by atoms with E-state index in [1.807, 2.05) is 24.3 Å². The minimum absolute atomic E-state index is 0.871. The molecule has 88 valence electrons. The van der Waals surface area contributed by atoms with E-state index >= 15 is 0 Å². The van der Waals surface area contributed by atoms with Crippen LogP contribution >= 0.6 is 11.9 Å². The second kappa shape index (κ2) is 6.26. The van der Waals surface area contributed by atoms with Crippen LogP contribution in [0.5, 0.6) is 0 Å². The van der Waals surface area contributed by atoms with Crippen LogP contribution in [0.25, 0.3) is 0 Å². The Balaban J connectivity index is 1.77. The van der Waals surface area contributed by atoms with E-state index in [0.29, 0.717) is 0 Å². The molecule has 1 aliphatic heterocycles. The van der Waals surface area contributed by atoms with Crippen LogP contribution in [0.3, 0.4) is 0 Å². The van der Waals surface area contributed by atoms with E-state index in [0.717, 1.165) is 5.92 Å². The fourth-order valence-corrected chi connectivity index (χ4v) is 3.11. The van der Waals surface area contributed by atoms with Gasteiger partial charge in [-0.05, 0) is 42.9 Å². The van der Waals surface area contributed by atoms with Crippen LogP contribution < -0.4 is 0 Å². The molecule has 0 radical (unpaired) electrons. The quantitative estimate of drug-likeness (QED) is 0.748. The summed E-state index contributed by atoms with van der Waals surface area (Å²) in [6.07, 6.45) is 7.71. The lowest BCUT2D eigenvalue weighted by Gasteiger charge is -2.30.